The third-order valence-corrected chi connectivity index (χ3v) is 4.45. The molecule has 1 unspecified atom stereocenters. The number of hydrogen-bond donors (Lipinski definition) is 3. The van der Waals surface area contributed by atoms with Crippen LogP contribution in [0.4, 0.5) is 11.4 Å². The van der Waals surface area contributed by atoms with Crippen LogP contribution < -0.4 is 16.0 Å². The summed E-state index contributed by atoms with van der Waals surface area (Å²) in [6, 6.07) is 6.58. The quantitative estimate of drug-likeness (QED) is 0.710. The molecule has 0 radical (unpaired) electrons. The van der Waals surface area contributed by atoms with Crippen molar-refractivity contribution < 1.29 is 9.59 Å². The highest BCUT2D eigenvalue weighted by atomic mass is 16.2. The fourth-order valence-corrected chi connectivity index (χ4v) is 2.96. The molecule has 6 heteroatoms. The molecule has 2 amide bonds. The largest absolute Gasteiger partial charge is 0.383 e. The Morgan fingerprint density at radius 3 is 2.64 bits per heavy atom. The van der Waals surface area contributed by atoms with Crippen molar-refractivity contribution in [3.05, 3.63) is 23.8 Å². The van der Waals surface area contributed by atoms with Crippen LogP contribution in [0.15, 0.2) is 18.2 Å². The van der Waals surface area contributed by atoms with E-state index in [0.29, 0.717) is 11.3 Å². The fourth-order valence-electron chi connectivity index (χ4n) is 2.96. The molecular formula is C19H26N4O2. The first-order valence-electron chi connectivity index (χ1n) is 8.94. The standard InChI is InChI=1S/C19H26N4O2/c1-3-10-21-16-9-8-14(12-20)11-17(16)23-18(24)13(2)22-19(25)15-6-4-5-7-15/h8-9,11,13,15,21H,3-7,10H2,1-2H3,(H,22,25)(H,23,24). The predicted octanol–water partition coefficient (Wildman–Crippen LogP) is 3.01. The summed E-state index contributed by atoms with van der Waals surface area (Å²) < 4.78 is 0. The summed E-state index contributed by atoms with van der Waals surface area (Å²) in [5, 5.41) is 17.9. The number of benzene rings is 1. The molecule has 1 fully saturated rings. The van der Waals surface area contributed by atoms with Crippen molar-refractivity contribution in [2.75, 3.05) is 17.2 Å². The molecule has 6 nitrogen and oxygen atoms in total. The lowest BCUT2D eigenvalue weighted by atomic mass is 10.1. The normalized spacial score (nSPS) is 15.2. The van der Waals surface area contributed by atoms with E-state index in [-0.39, 0.29) is 17.7 Å². The van der Waals surface area contributed by atoms with Gasteiger partial charge in [0.15, 0.2) is 0 Å². The van der Waals surface area contributed by atoms with Gasteiger partial charge in [-0.2, -0.15) is 5.26 Å². The van der Waals surface area contributed by atoms with Crippen LogP contribution in [0, 0.1) is 17.2 Å². The van der Waals surface area contributed by atoms with Crippen molar-refractivity contribution in [3.8, 4) is 6.07 Å². The van der Waals surface area contributed by atoms with Gasteiger partial charge in [-0.15, -0.1) is 0 Å². The van der Waals surface area contributed by atoms with Crippen molar-refractivity contribution in [2.45, 2.75) is 52.0 Å². The van der Waals surface area contributed by atoms with E-state index in [1.165, 1.54) is 0 Å². The zero-order valence-electron chi connectivity index (χ0n) is 14.9. The van der Waals surface area contributed by atoms with Gasteiger partial charge >= 0.3 is 0 Å². The number of rotatable bonds is 7. The van der Waals surface area contributed by atoms with E-state index in [1.807, 2.05) is 0 Å². The summed E-state index contributed by atoms with van der Waals surface area (Å²) in [5.41, 5.74) is 1.79. The molecular weight excluding hydrogens is 316 g/mol. The molecule has 0 spiro atoms. The first kappa shape index (κ1) is 18.8. The summed E-state index contributed by atoms with van der Waals surface area (Å²) in [6.07, 6.45) is 4.89. The van der Waals surface area contributed by atoms with Crippen LogP contribution in [-0.2, 0) is 9.59 Å². The highest BCUT2D eigenvalue weighted by Crippen LogP contribution is 2.25. The van der Waals surface area contributed by atoms with Gasteiger partial charge in [0.25, 0.3) is 0 Å². The van der Waals surface area contributed by atoms with Crippen LogP contribution >= 0.6 is 0 Å². The zero-order chi connectivity index (χ0) is 18.2. The van der Waals surface area contributed by atoms with E-state index >= 15 is 0 Å². The van der Waals surface area contributed by atoms with Crippen LogP contribution in [0.25, 0.3) is 0 Å². The second-order valence-electron chi connectivity index (χ2n) is 6.50. The minimum atomic E-state index is -0.627. The Balaban J connectivity index is 2.02. The summed E-state index contributed by atoms with van der Waals surface area (Å²) in [4.78, 5) is 24.6. The van der Waals surface area contributed by atoms with Crippen LogP contribution in [0.2, 0.25) is 0 Å². The van der Waals surface area contributed by atoms with Gasteiger partial charge in [0.05, 0.1) is 23.0 Å². The Morgan fingerprint density at radius 1 is 1.28 bits per heavy atom. The minimum absolute atomic E-state index is 0.0268. The molecule has 0 bridgehead atoms. The Bertz CT molecular complexity index is 660. The third-order valence-electron chi connectivity index (χ3n) is 4.45. The number of carbonyl (C=O) groups excluding carboxylic acids is 2. The van der Waals surface area contributed by atoms with Gasteiger partial charge in [0.2, 0.25) is 11.8 Å². The number of hydrogen-bond acceptors (Lipinski definition) is 4. The van der Waals surface area contributed by atoms with Crippen molar-refractivity contribution in [3.63, 3.8) is 0 Å². The number of nitrogens with one attached hydrogen (secondary N) is 3. The maximum Gasteiger partial charge on any atom is 0.246 e. The first-order valence-corrected chi connectivity index (χ1v) is 8.94. The van der Waals surface area contributed by atoms with Gasteiger partial charge < -0.3 is 16.0 Å². The van der Waals surface area contributed by atoms with E-state index in [4.69, 9.17) is 5.26 Å². The average Bonchev–Trinajstić information content (AvgIpc) is 3.15. The van der Waals surface area contributed by atoms with Crippen molar-refractivity contribution in [2.24, 2.45) is 5.92 Å². The summed E-state index contributed by atoms with van der Waals surface area (Å²) in [7, 11) is 0. The average molecular weight is 342 g/mol. The molecule has 1 aliphatic rings. The van der Waals surface area contributed by atoms with Gasteiger partial charge in [0.1, 0.15) is 6.04 Å². The third kappa shape index (κ3) is 5.21. The van der Waals surface area contributed by atoms with E-state index in [2.05, 4.69) is 28.9 Å². The number of nitriles is 1. The van der Waals surface area contributed by atoms with Gasteiger partial charge in [-0.25, -0.2) is 0 Å². The Morgan fingerprint density at radius 2 is 2.00 bits per heavy atom. The first-order chi connectivity index (χ1) is 12.0. The highest BCUT2D eigenvalue weighted by molar-refractivity contribution is 5.99. The van der Waals surface area contributed by atoms with Crippen LogP contribution in [0.3, 0.4) is 0 Å². The second-order valence-corrected chi connectivity index (χ2v) is 6.50. The molecule has 0 aromatic heterocycles. The number of nitrogens with zero attached hydrogens (tertiary/aromatic N) is 1. The fraction of sp³-hybridized carbons (Fsp3) is 0.526. The topological polar surface area (TPSA) is 94.0 Å². The molecule has 1 saturated carbocycles. The van der Waals surface area contributed by atoms with Crippen molar-refractivity contribution in [1.29, 1.82) is 5.26 Å². The zero-order valence-corrected chi connectivity index (χ0v) is 14.9. The molecule has 25 heavy (non-hydrogen) atoms. The molecule has 134 valence electrons. The lowest BCUT2D eigenvalue weighted by Crippen LogP contribution is -2.43. The maximum atomic E-state index is 12.5. The monoisotopic (exact) mass is 342 g/mol. The molecule has 1 aromatic rings. The van der Waals surface area contributed by atoms with Gasteiger partial charge in [-0.3, -0.25) is 9.59 Å². The van der Waals surface area contributed by atoms with E-state index in [0.717, 1.165) is 44.3 Å². The molecule has 1 aromatic carbocycles. The molecule has 0 heterocycles. The summed E-state index contributed by atoms with van der Waals surface area (Å²) in [6.45, 7) is 4.49. The molecule has 0 aliphatic heterocycles. The SMILES string of the molecule is CCCNc1ccc(C#N)cc1NC(=O)C(C)NC(=O)C1CCCC1. The lowest BCUT2D eigenvalue weighted by Gasteiger charge is -2.18. The molecule has 0 saturated heterocycles. The van der Waals surface area contributed by atoms with Crippen LogP contribution in [0.1, 0.15) is 51.5 Å². The van der Waals surface area contributed by atoms with Gasteiger partial charge in [-0.05, 0) is 44.4 Å². The molecule has 1 aliphatic carbocycles. The van der Waals surface area contributed by atoms with Crippen LogP contribution in [0.5, 0.6) is 0 Å². The molecule has 2 rings (SSSR count). The predicted molar refractivity (Wildman–Crippen MR) is 98.1 cm³/mol. The Labute approximate surface area is 149 Å². The van der Waals surface area contributed by atoms with E-state index < -0.39 is 6.04 Å². The maximum absolute atomic E-state index is 12.5. The smallest absolute Gasteiger partial charge is 0.246 e. The Kier molecular flexibility index (Phi) is 6.81. The number of amides is 2. The van der Waals surface area contributed by atoms with Gasteiger partial charge in [-0.1, -0.05) is 19.8 Å². The van der Waals surface area contributed by atoms with E-state index in [1.54, 1.807) is 25.1 Å². The van der Waals surface area contributed by atoms with Gasteiger partial charge in [0, 0.05) is 12.5 Å². The minimum Gasteiger partial charge on any atom is -0.383 e. The molecule has 3 N–H and O–H groups in total. The summed E-state index contributed by atoms with van der Waals surface area (Å²) in [5.74, 6) is -0.310. The van der Waals surface area contributed by atoms with Crippen molar-refractivity contribution in [1.82, 2.24) is 5.32 Å². The Hall–Kier alpha value is -2.55. The van der Waals surface area contributed by atoms with Crippen LogP contribution in [-0.4, -0.2) is 24.4 Å². The van der Waals surface area contributed by atoms with E-state index in [9.17, 15) is 9.59 Å². The molecule has 1 atom stereocenters. The highest BCUT2D eigenvalue weighted by Gasteiger charge is 2.25. The summed E-state index contributed by atoms with van der Waals surface area (Å²) >= 11 is 0. The lowest BCUT2D eigenvalue weighted by molar-refractivity contribution is -0.128. The number of carbonyl (C=O) groups is 2. The second kappa shape index (κ2) is 9.07. The van der Waals surface area contributed by atoms with Crippen molar-refractivity contribution >= 4 is 23.2 Å². The number of anilines is 2.